The Morgan fingerprint density at radius 1 is 1.19 bits per heavy atom. The maximum atomic E-state index is 12.6. The van der Waals surface area contributed by atoms with Gasteiger partial charge in [-0.3, -0.25) is 4.79 Å². The Morgan fingerprint density at radius 3 is 2.65 bits per heavy atom. The summed E-state index contributed by atoms with van der Waals surface area (Å²) in [6.07, 6.45) is 4.06. The van der Waals surface area contributed by atoms with E-state index in [1.807, 2.05) is 43.5 Å². The van der Waals surface area contributed by atoms with Crippen LogP contribution >= 0.6 is 11.6 Å². The van der Waals surface area contributed by atoms with Crippen molar-refractivity contribution in [1.82, 2.24) is 14.8 Å². The molecule has 0 saturated heterocycles. The zero-order valence-corrected chi connectivity index (χ0v) is 14.8. The number of nitrogens with one attached hydrogen (secondary N) is 1. The average molecular weight is 366 g/mol. The lowest BCUT2D eigenvalue weighted by Crippen LogP contribution is -2.15. The number of hydrogen-bond acceptors (Lipinski definition) is 3. The summed E-state index contributed by atoms with van der Waals surface area (Å²) in [6, 6.07) is 12.8. The summed E-state index contributed by atoms with van der Waals surface area (Å²) in [5, 5.41) is 15.4. The number of hydrogen-bond donors (Lipinski definition) is 2. The Hall–Kier alpha value is -3.05. The highest BCUT2D eigenvalue weighted by Crippen LogP contribution is 2.32. The Balaban J connectivity index is 1.76. The summed E-state index contributed by atoms with van der Waals surface area (Å²) >= 11 is 6.16. The lowest BCUT2D eigenvalue weighted by Gasteiger charge is -2.12. The number of nitrogens with zero attached hydrogens (tertiary/aromatic N) is 2. The predicted molar refractivity (Wildman–Crippen MR) is 102 cm³/mol. The number of aromatic amines is 1. The molecular weight excluding hydrogens is 350 g/mol. The molecule has 4 rings (SSSR count). The van der Waals surface area contributed by atoms with Gasteiger partial charge in [0, 0.05) is 29.8 Å². The molecule has 0 unspecified atom stereocenters. The molecule has 4 aromatic rings. The second-order valence-electron chi connectivity index (χ2n) is 6.17. The molecule has 130 valence electrons. The first-order chi connectivity index (χ1) is 12.5. The Labute approximate surface area is 154 Å². The van der Waals surface area contributed by atoms with Crippen LogP contribution in [0.15, 0.2) is 59.7 Å². The van der Waals surface area contributed by atoms with Crippen LogP contribution in [0.4, 0.5) is 0 Å². The van der Waals surface area contributed by atoms with Crippen LogP contribution in [0.3, 0.4) is 0 Å². The molecule has 0 radical (unpaired) electrons. The topological polar surface area (TPSA) is 70.9 Å². The predicted octanol–water partition coefficient (Wildman–Crippen LogP) is 3.97. The van der Waals surface area contributed by atoms with E-state index in [0.717, 1.165) is 16.8 Å². The third-order valence-corrected chi connectivity index (χ3v) is 4.87. The molecule has 5 nitrogen and oxygen atoms in total. The van der Waals surface area contributed by atoms with E-state index in [1.165, 1.54) is 0 Å². The van der Waals surface area contributed by atoms with Crippen molar-refractivity contribution in [2.75, 3.05) is 0 Å². The quantitative estimate of drug-likeness (QED) is 0.577. The molecule has 6 heteroatoms. The van der Waals surface area contributed by atoms with Crippen molar-refractivity contribution in [2.24, 2.45) is 0 Å². The van der Waals surface area contributed by atoms with Crippen LogP contribution in [0, 0.1) is 6.92 Å². The van der Waals surface area contributed by atoms with Crippen LogP contribution < -0.4 is 5.56 Å². The third-order valence-electron chi connectivity index (χ3n) is 4.56. The lowest BCUT2D eigenvalue weighted by molar-refractivity contribution is 0.481. The number of aromatic hydroxyl groups is 1. The van der Waals surface area contributed by atoms with Crippen LogP contribution in [-0.4, -0.2) is 19.9 Å². The van der Waals surface area contributed by atoms with E-state index in [-0.39, 0.29) is 11.3 Å². The van der Waals surface area contributed by atoms with Crippen LogP contribution in [-0.2, 0) is 6.42 Å². The molecule has 2 N–H and O–H groups in total. The van der Waals surface area contributed by atoms with Crippen LogP contribution in [0.2, 0.25) is 5.02 Å². The monoisotopic (exact) mass is 365 g/mol. The van der Waals surface area contributed by atoms with E-state index in [0.29, 0.717) is 27.9 Å². The molecule has 0 aliphatic heterocycles. The van der Waals surface area contributed by atoms with E-state index < -0.39 is 0 Å². The van der Waals surface area contributed by atoms with Crippen molar-refractivity contribution in [3.8, 4) is 11.4 Å². The van der Waals surface area contributed by atoms with Crippen molar-refractivity contribution in [3.63, 3.8) is 0 Å². The van der Waals surface area contributed by atoms with Gasteiger partial charge in [0.05, 0.1) is 16.2 Å². The molecule has 2 aromatic carbocycles. The van der Waals surface area contributed by atoms with Gasteiger partial charge in [0.25, 0.3) is 5.56 Å². The molecule has 0 aliphatic carbocycles. The Bertz CT molecular complexity index is 1150. The molecule has 0 bridgehead atoms. The van der Waals surface area contributed by atoms with Gasteiger partial charge in [-0.15, -0.1) is 0 Å². The van der Waals surface area contributed by atoms with Crippen LogP contribution in [0.5, 0.6) is 5.75 Å². The minimum atomic E-state index is -0.196. The molecule has 0 spiro atoms. The third kappa shape index (κ3) is 2.76. The van der Waals surface area contributed by atoms with Gasteiger partial charge in [0.1, 0.15) is 5.75 Å². The van der Waals surface area contributed by atoms with Gasteiger partial charge >= 0.3 is 0 Å². The summed E-state index contributed by atoms with van der Waals surface area (Å²) in [5.74, 6) is 0.105. The molecule has 0 atom stereocenters. The van der Waals surface area contributed by atoms with Gasteiger partial charge in [-0.1, -0.05) is 23.7 Å². The maximum Gasteiger partial charge on any atom is 0.252 e. The summed E-state index contributed by atoms with van der Waals surface area (Å²) in [6.45, 7) is 1.83. The number of phenols is 1. The standard InChI is InChI=1S/C20H16ClN3O2/c1-12-15(20(26)23-19-16(21)7-8-17(25)18(12)19)11-13-3-5-14(6-4-13)24-10-2-9-22-24/h2-10,25H,11H2,1H3,(H,23,26). The summed E-state index contributed by atoms with van der Waals surface area (Å²) in [4.78, 5) is 15.4. The number of rotatable bonds is 3. The van der Waals surface area contributed by atoms with Crippen LogP contribution in [0.1, 0.15) is 16.7 Å². The Kier molecular flexibility index (Phi) is 4.01. The molecule has 26 heavy (non-hydrogen) atoms. The van der Waals surface area contributed by atoms with Crippen molar-refractivity contribution in [3.05, 3.63) is 86.9 Å². The highest BCUT2D eigenvalue weighted by Gasteiger charge is 2.14. The molecule has 0 aliphatic rings. The molecule has 0 amide bonds. The number of benzene rings is 2. The molecule has 0 saturated carbocycles. The highest BCUT2D eigenvalue weighted by molar-refractivity contribution is 6.35. The van der Waals surface area contributed by atoms with E-state index in [9.17, 15) is 9.90 Å². The fourth-order valence-electron chi connectivity index (χ4n) is 3.18. The van der Waals surface area contributed by atoms with Gasteiger partial charge in [0.15, 0.2) is 0 Å². The average Bonchev–Trinajstić information content (AvgIpc) is 3.17. The SMILES string of the molecule is Cc1c(Cc2ccc(-n3cccn3)cc2)c(=O)[nH]c2c(Cl)ccc(O)c12. The van der Waals surface area contributed by atoms with E-state index >= 15 is 0 Å². The van der Waals surface area contributed by atoms with Gasteiger partial charge in [0.2, 0.25) is 0 Å². The number of H-pyrrole nitrogens is 1. The van der Waals surface area contributed by atoms with Crippen LogP contribution in [0.25, 0.3) is 16.6 Å². The van der Waals surface area contributed by atoms with Crippen molar-refractivity contribution in [1.29, 1.82) is 0 Å². The first-order valence-corrected chi connectivity index (χ1v) is 8.54. The van der Waals surface area contributed by atoms with Gasteiger partial charge in [-0.2, -0.15) is 5.10 Å². The van der Waals surface area contributed by atoms with Crippen molar-refractivity contribution in [2.45, 2.75) is 13.3 Å². The molecule has 2 heterocycles. The van der Waals surface area contributed by atoms with Gasteiger partial charge in [-0.25, -0.2) is 4.68 Å². The first kappa shape index (κ1) is 16.4. The van der Waals surface area contributed by atoms with Crippen molar-refractivity contribution < 1.29 is 5.11 Å². The Morgan fingerprint density at radius 2 is 1.96 bits per heavy atom. The fraction of sp³-hybridized carbons (Fsp3) is 0.100. The smallest absolute Gasteiger partial charge is 0.252 e. The maximum absolute atomic E-state index is 12.6. The minimum absolute atomic E-state index is 0.105. The second kappa shape index (κ2) is 6.35. The number of fused-ring (bicyclic) bond motifs is 1. The van der Waals surface area contributed by atoms with E-state index in [4.69, 9.17) is 11.6 Å². The molecule has 0 fully saturated rings. The highest BCUT2D eigenvalue weighted by atomic mass is 35.5. The number of pyridine rings is 1. The number of aryl methyl sites for hydroxylation is 1. The van der Waals surface area contributed by atoms with Crippen molar-refractivity contribution >= 4 is 22.5 Å². The molecule has 2 aromatic heterocycles. The first-order valence-electron chi connectivity index (χ1n) is 8.16. The fourth-order valence-corrected chi connectivity index (χ4v) is 3.39. The second-order valence-corrected chi connectivity index (χ2v) is 6.58. The number of aromatic nitrogens is 3. The number of halogens is 1. The van der Waals surface area contributed by atoms with Gasteiger partial charge < -0.3 is 10.1 Å². The minimum Gasteiger partial charge on any atom is -0.507 e. The largest absolute Gasteiger partial charge is 0.507 e. The van der Waals surface area contributed by atoms with E-state index in [2.05, 4.69) is 10.1 Å². The lowest BCUT2D eigenvalue weighted by atomic mass is 9.98. The number of phenolic OH excluding ortho intramolecular Hbond substituents is 1. The zero-order valence-electron chi connectivity index (χ0n) is 14.0. The van der Waals surface area contributed by atoms with Gasteiger partial charge in [-0.05, 0) is 48.4 Å². The summed E-state index contributed by atoms with van der Waals surface area (Å²) in [5.41, 5.74) is 3.56. The summed E-state index contributed by atoms with van der Waals surface area (Å²) in [7, 11) is 0. The van der Waals surface area contributed by atoms with E-state index in [1.54, 1.807) is 23.0 Å². The zero-order chi connectivity index (χ0) is 18.3. The molecular formula is C20H16ClN3O2. The normalized spacial score (nSPS) is 11.2. The summed E-state index contributed by atoms with van der Waals surface area (Å²) < 4.78 is 1.78.